The highest BCUT2D eigenvalue weighted by molar-refractivity contribution is 6.67. The molecule has 1 fully saturated rings. The van der Waals surface area contributed by atoms with E-state index < -0.39 is 14.7 Å². The van der Waals surface area contributed by atoms with E-state index in [2.05, 4.69) is 29.4 Å². The van der Waals surface area contributed by atoms with Crippen LogP contribution >= 0.6 is 0 Å². The van der Waals surface area contributed by atoms with Gasteiger partial charge in [0.05, 0.1) is 52.7 Å². The molecule has 2 aromatic carbocycles. The lowest BCUT2D eigenvalue weighted by atomic mass is 10.1. The summed E-state index contributed by atoms with van der Waals surface area (Å²) in [6, 6.07) is 18.2. The van der Waals surface area contributed by atoms with Crippen molar-refractivity contribution in [3.63, 3.8) is 0 Å². The average molecular weight is 703 g/mol. The van der Waals surface area contributed by atoms with Crippen LogP contribution in [0.1, 0.15) is 31.4 Å². The zero-order valence-corrected chi connectivity index (χ0v) is 30.4. The van der Waals surface area contributed by atoms with E-state index in [1.165, 1.54) is 0 Å². The van der Waals surface area contributed by atoms with Gasteiger partial charge in [-0.3, -0.25) is 14.5 Å². The number of piperazine rings is 1. The van der Waals surface area contributed by atoms with Crippen molar-refractivity contribution in [2.45, 2.75) is 51.5 Å². The van der Waals surface area contributed by atoms with Gasteiger partial charge in [0.25, 0.3) is 0 Å². The minimum absolute atomic E-state index is 0.0871. The Labute approximate surface area is 291 Å². The molecule has 0 saturated carbocycles. The number of hydrogen-bond donors (Lipinski definition) is 2. The smallest absolute Gasteiger partial charge is 0.407 e. The third-order valence-corrected chi connectivity index (χ3v) is 12.0. The Kier molecular flexibility index (Phi) is 18.1. The third kappa shape index (κ3) is 14.5. The molecule has 3 rings (SSSR count). The molecule has 3 amide bonds. The minimum Gasteiger partial charge on any atom is -0.497 e. The highest BCUT2D eigenvalue weighted by Gasteiger charge is 2.37. The van der Waals surface area contributed by atoms with E-state index in [0.717, 1.165) is 29.0 Å². The minimum atomic E-state index is -2.56. The summed E-state index contributed by atoms with van der Waals surface area (Å²) in [7, 11) is 0.687. The lowest BCUT2D eigenvalue weighted by molar-refractivity contribution is -0.135. The average Bonchev–Trinajstić information content (AvgIpc) is 3.13. The van der Waals surface area contributed by atoms with Crippen LogP contribution in [0.15, 0.2) is 54.6 Å². The summed E-state index contributed by atoms with van der Waals surface area (Å²) in [6.45, 7) is 8.57. The summed E-state index contributed by atoms with van der Waals surface area (Å²) in [5.74, 6) is 0.555. The molecule has 0 aromatic heterocycles. The first kappa shape index (κ1) is 39.9. The summed E-state index contributed by atoms with van der Waals surface area (Å²) in [6.07, 6.45) is -0.441. The number of carbonyl (C=O) groups is 3. The van der Waals surface area contributed by atoms with Crippen molar-refractivity contribution in [1.29, 1.82) is 0 Å². The van der Waals surface area contributed by atoms with Gasteiger partial charge in [-0.2, -0.15) is 0 Å². The summed E-state index contributed by atoms with van der Waals surface area (Å²) < 4.78 is 34.0. The molecule has 1 atom stereocenters. The Balaban J connectivity index is 1.56. The fraction of sp³-hybridized carbons (Fsp3) is 0.571. The zero-order valence-electron chi connectivity index (χ0n) is 29.4. The normalized spacial score (nSPS) is 15.1. The Morgan fingerprint density at radius 1 is 0.857 bits per heavy atom. The van der Waals surface area contributed by atoms with Crippen molar-refractivity contribution < 1.29 is 42.2 Å². The van der Waals surface area contributed by atoms with Gasteiger partial charge in [0.1, 0.15) is 12.4 Å². The Morgan fingerprint density at radius 3 is 2.29 bits per heavy atom. The summed E-state index contributed by atoms with van der Waals surface area (Å²) in [5.41, 5.74) is 1.85. The van der Waals surface area contributed by atoms with Crippen molar-refractivity contribution >= 4 is 26.5 Å². The van der Waals surface area contributed by atoms with Crippen molar-refractivity contribution in [2.24, 2.45) is 0 Å². The van der Waals surface area contributed by atoms with Crippen LogP contribution in [0.2, 0.25) is 12.1 Å². The number of methoxy groups -OCH3 is 2. The molecule has 0 bridgehead atoms. The largest absolute Gasteiger partial charge is 0.497 e. The topological polar surface area (TPSA) is 137 Å². The molecule has 1 unspecified atom stereocenters. The standard InChI is InChI=1S/C35H54N4O9Si/c1-5-49(6-2,47-23-22-45-21-20-43-3)48-28-31-25-39(34(41)16-17-36-35(42)46-27-30-10-8-7-9-11-30)19-18-38(31)26-33(40)37-24-29-12-14-32(44-4)15-13-29/h7-15,31H,5-6,16-28H2,1-4H3,(H,36,42)(H,37,40). The number of rotatable bonds is 22. The lowest BCUT2D eigenvalue weighted by Gasteiger charge is -2.42. The number of ether oxygens (including phenoxy) is 4. The highest BCUT2D eigenvalue weighted by atomic mass is 28.4. The van der Waals surface area contributed by atoms with Crippen molar-refractivity contribution in [2.75, 3.05) is 80.0 Å². The first-order valence-corrected chi connectivity index (χ1v) is 19.2. The van der Waals surface area contributed by atoms with Crippen molar-refractivity contribution in [3.05, 3.63) is 65.7 Å². The Hall–Kier alpha value is -3.53. The molecule has 13 nitrogen and oxygen atoms in total. The number of nitrogens with zero attached hydrogens (tertiary/aromatic N) is 2. The van der Waals surface area contributed by atoms with Gasteiger partial charge in [-0.15, -0.1) is 0 Å². The SMILES string of the molecule is CC[Si](CC)(OCCOCCOC)OCC1CN(C(=O)CCNC(=O)OCc2ccccc2)CCN1CC(=O)NCc1ccc(OC)cc1. The van der Waals surface area contributed by atoms with Crippen molar-refractivity contribution in [3.8, 4) is 5.75 Å². The molecule has 1 heterocycles. The first-order valence-electron chi connectivity index (χ1n) is 17.0. The van der Waals surface area contributed by atoms with Crippen LogP contribution in [0, 0.1) is 0 Å². The Bertz CT molecular complexity index is 1250. The van der Waals surface area contributed by atoms with Gasteiger partial charge in [0.2, 0.25) is 11.8 Å². The third-order valence-electron chi connectivity index (χ3n) is 8.41. The van der Waals surface area contributed by atoms with Crippen LogP contribution in [0.5, 0.6) is 5.75 Å². The van der Waals surface area contributed by atoms with E-state index in [4.69, 9.17) is 27.8 Å². The van der Waals surface area contributed by atoms with E-state index in [9.17, 15) is 14.4 Å². The van der Waals surface area contributed by atoms with Gasteiger partial charge >= 0.3 is 14.7 Å². The number of amides is 3. The molecular formula is C35H54N4O9Si. The number of alkyl carbamates (subject to hydrolysis) is 1. The monoisotopic (exact) mass is 702 g/mol. The van der Waals surface area contributed by atoms with Gasteiger partial charge in [-0.25, -0.2) is 4.79 Å². The summed E-state index contributed by atoms with van der Waals surface area (Å²) in [5, 5.41) is 5.67. The maximum absolute atomic E-state index is 13.2. The molecule has 2 N–H and O–H groups in total. The Morgan fingerprint density at radius 2 is 1.59 bits per heavy atom. The summed E-state index contributed by atoms with van der Waals surface area (Å²) >= 11 is 0. The van der Waals surface area contributed by atoms with E-state index in [1.54, 1.807) is 19.1 Å². The van der Waals surface area contributed by atoms with Gasteiger partial charge < -0.3 is 43.3 Å². The quantitative estimate of drug-likeness (QED) is 0.139. The molecule has 0 aliphatic carbocycles. The summed E-state index contributed by atoms with van der Waals surface area (Å²) in [4.78, 5) is 42.4. The molecule has 0 spiro atoms. The molecule has 1 aliphatic rings. The second-order valence-corrected chi connectivity index (χ2v) is 15.5. The molecule has 2 aromatic rings. The number of carbonyl (C=O) groups excluding carboxylic acids is 3. The molecule has 1 aliphatic heterocycles. The second-order valence-electron chi connectivity index (χ2n) is 11.7. The number of nitrogens with one attached hydrogen (secondary N) is 2. The number of benzene rings is 2. The predicted molar refractivity (Wildman–Crippen MR) is 187 cm³/mol. The lowest BCUT2D eigenvalue weighted by Crippen LogP contribution is -2.59. The fourth-order valence-corrected chi connectivity index (χ4v) is 7.70. The van der Waals surface area contributed by atoms with Crippen LogP contribution in [0.4, 0.5) is 4.79 Å². The van der Waals surface area contributed by atoms with Gasteiger partial charge in [0, 0.05) is 46.3 Å². The van der Waals surface area contributed by atoms with Gasteiger partial charge in [0.15, 0.2) is 0 Å². The highest BCUT2D eigenvalue weighted by Crippen LogP contribution is 2.21. The first-order chi connectivity index (χ1) is 23.8. The van der Waals surface area contributed by atoms with Crippen LogP contribution < -0.4 is 15.4 Å². The maximum Gasteiger partial charge on any atom is 0.407 e. The number of hydrogen-bond acceptors (Lipinski definition) is 10. The molecule has 1 saturated heterocycles. The van der Waals surface area contributed by atoms with E-state index >= 15 is 0 Å². The molecule has 0 radical (unpaired) electrons. The van der Waals surface area contributed by atoms with E-state index in [0.29, 0.717) is 59.2 Å². The zero-order chi connectivity index (χ0) is 35.3. The van der Waals surface area contributed by atoms with E-state index in [1.807, 2.05) is 54.6 Å². The van der Waals surface area contributed by atoms with Crippen LogP contribution in [0.25, 0.3) is 0 Å². The van der Waals surface area contributed by atoms with E-state index in [-0.39, 0.29) is 44.0 Å². The predicted octanol–water partition coefficient (Wildman–Crippen LogP) is 3.32. The van der Waals surface area contributed by atoms with Crippen molar-refractivity contribution in [1.82, 2.24) is 20.4 Å². The van der Waals surface area contributed by atoms with Crippen LogP contribution in [0.3, 0.4) is 0 Å². The second kappa shape index (κ2) is 22.2. The van der Waals surface area contributed by atoms with Gasteiger partial charge in [-0.1, -0.05) is 56.3 Å². The maximum atomic E-state index is 13.2. The van der Waals surface area contributed by atoms with Crippen LogP contribution in [-0.2, 0) is 45.8 Å². The van der Waals surface area contributed by atoms with Gasteiger partial charge in [-0.05, 0) is 35.3 Å². The fourth-order valence-electron chi connectivity index (χ4n) is 5.35. The molecule has 49 heavy (non-hydrogen) atoms. The molecule has 272 valence electrons. The van der Waals surface area contributed by atoms with Crippen LogP contribution in [-0.4, -0.2) is 122 Å². The molecule has 14 heteroatoms. The molecular weight excluding hydrogens is 648 g/mol.